The number of benzene rings is 1. The Kier molecular flexibility index (Phi) is 8.53. The molecule has 0 bridgehead atoms. The van der Waals surface area contributed by atoms with Gasteiger partial charge >= 0.3 is 5.97 Å². The number of carbonyl (C=O) groups is 1. The molecule has 0 saturated carbocycles. The third-order valence-electron chi connectivity index (χ3n) is 5.69. The van der Waals surface area contributed by atoms with Gasteiger partial charge in [0.2, 0.25) is 0 Å². The zero-order valence-corrected chi connectivity index (χ0v) is 20.6. The molecule has 0 atom stereocenters. The van der Waals surface area contributed by atoms with Crippen molar-refractivity contribution in [2.45, 2.75) is 58.4 Å². The van der Waals surface area contributed by atoms with Crippen molar-refractivity contribution >= 4 is 44.9 Å². The lowest BCUT2D eigenvalue weighted by molar-refractivity contribution is -0.149. The predicted molar refractivity (Wildman–Crippen MR) is 133 cm³/mol. The van der Waals surface area contributed by atoms with E-state index in [1.807, 2.05) is 24.3 Å². The molecule has 176 valence electrons. The summed E-state index contributed by atoms with van der Waals surface area (Å²) >= 11 is 7.81. The number of nitrogens with zero attached hydrogens (tertiary/aromatic N) is 2. The summed E-state index contributed by atoms with van der Waals surface area (Å²) < 4.78 is 10.6. The molecule has 0 saturated heterocycles. The van der Waals surface area contributed by atoms with Gasteiger partial charge in [0.05, 0.1) is 18.6 Å². The molecule has 0 fully saturated rings. The SMILES string of the molecule is CCCCOC(=O)COCCc1nc(NCc2ccc(Cl)cc2)c2c3c(sc2n1)CCCC3. The van der Waals surface area contributed by atoms with E-state index in [1.54, 1.807) is 11.3 Å². The van der Waals surface area contributed by atoms with E-state index < -0.39 is 0 Å². The molecule has 0 radical (unpaired) electrons. The first-order valence-corrected chi connectivity index (χ1v) is 12.9. The van der Waals surface area contributed by atoms with Gasteiger partial charge in [0.25, 0.3) is 0 Å². The second-order valence-corrected chi connectivity index (χ2v) is 9.76. The van der Waals surface area contributed by atoms with Crippen LogP contribution in [-0.2, 0) is 40.1 Å². The summed E-state index contributed by atoms with van der Waals surface area (Å²) in [5.74, 6) is 1.28. The van der Waals surface area contributed by atoms with Gasteiger partial charge in [-0.05, 0) is 55.4 Å². The number of rotatable bonds is 11. The van der Waals surface area contributed by atoms with E-state index in [-0.39, 0.29) is 12.6 Å². The number of carbonyl (C=O) groups excluding carboxylic acids is 1. The molecule has 1 aromatic carbocycles. The molecule has 0 spiro atoms. The fourth-order valence-electron chi connectivity index (χ4n) is 3.92. The first-order valence-electron chi connectivity index (χ1n) is 11.7. The van der Waals surface area contributed by atoms with Crippen molar-refractivity contribution in [1.29, 1.82) is 0 Å². The molecule has 33 heavy (non-hydrogen) atoms. The Hall–Kier alpha value is -2.22. The number of hydrogen-bond donors (Lipinski definition) is 1. The minimum atomic E-state index is -0.323. The Morgan fingerprint density at radius 1 is 1.15 bits per heavy atom. The largest absolute Gasteiger partial charge is 0.464 e. The lowest BCUT2D eigenvalue weighted by atomic mass is 9.97. The summed E-state index contributed by atoms with van der Waals surface area (Å²) in [6.07, 6.45) is 7.04. The zero-order valence-electron chi connectivity index (χ0n) is 19.0. The van der Waals surface area contributed by atoms with Crippen LogP contribution in [0.3, 0.4) is 0 Å². The van der Waals surface area contributed by atoms with Crippen LogP contribution < -0.4 is 5.32 Å². The molecule has 3 aromatic rings. The van der Waals surface area contributed by atoms with Gasteiger partial charge in [0.15, 0.2) is 0 Å². The van der Waals surface area contributed by atoms with Gasteiger partial charge < -0.3 is 14.8 Å². The Morgan fingerprint density at radius 2 is 1.97 bits per heavy atom. The van der Waals surface area contributed by atoms with E-state index in [0.29, 0.717) is 26.2 Å². The normalized spacial score (nSPS) is 13.2. The van der Waals surface area contributed by atoms with Crippen LogP contribution in [-0.4, -0.2) is 35.8 Å². The van der Waals surface area contributed by atoms with Crippen LogP contribution >= 0.6 is 22.9 Å². The van der Waals surface area contributed by atoms with Crippen LogP contribution in [0.25, 0.3) is 10.2 Å². The second kappa shape index (κ2) is 11.8. The quantitative estimate of drug-likeness (QED) is 0.274. The number of hydrogen-bond acceptors (Lipinski definition) is 7. The van der Waals surface area contributed by atoms with E-state index in [4.69, 9.17) is 31.0 Å². The van der Waals surface area contributed by atoms with Crippen molar-refractivity contribution in [3.8, 4) is 0 Å². The van der Waals surface area contributed by atoms with Crippen LogP contribution in [0.4, 0.5) is 5.82 Å². The van der Waals surface area contributed by atoms with E-state index in [2.05, 4.69) is 12.2 Å². The molecule has 2 aromatic heterocycles. The smallest absolute Gasteiger partial charge is 0.332 e. The van der Waals surface area contributed by atoms with Crippen molar-refractivity contribution in [1.82, 2.24) is 9.97 Å². The molecular formula is C25H30ClN3O3S. The maximum Gasteiger partial charge on any atom is 0.332 e. The van der Waals surface area contributed by atoms with Crippen molar-refractivity contribution in [2.24, 2.45) is 0 Å². The van der Waals surface area contributed by atoms with Gasteiger partial charge in [-0.25, -0.2) is 14.8 Å². The molecule has 1 N–H and O–H groups in total. The lowest BCUT2D eigenvalue weighted by Crippen LogP contribution is -2.15. The number of aryl methyl sites for hydroxylation is 2. The highest BCUT2D eigenvalue weighted by Gasteiger charge is 2.21. The minimum absolute atomic E-state index is 0.0407. The van der Waals surface area contributed by atoms with E-state index >= 15 is 0 Å². The maximum absolute atomic E-state index is 11.7. The first kappa shape index (κ1) is 23.9. The third kappa shape index (κ3) is 6.43. The Labute approximate surface area is 203 Å². The molecule has 0 aliphatic heterocycles. The first-order chi connectivity index (χ1) is 16.1. The Balaban J connectivity index is 1.45. The molecule has 0 amide bonds. The van der Waals surface area contributed by atoms with E-state index in [0.717, 1.165) is 58.1 Å². The van der Waals surface area contributed by atoms with Crippen molar-refractivity contribution in [2.75, 3.05) is 25.1 Å². The lowest BCUT2D eigenvalue weighted by Gasteiger charge is -2.13. The van der Waals surface area contributed by atoms with E-state index in [9.17, 15) is 4.79 Å². The molecule has 6 nitrogen and oxygen atoms in total. The Bertz CT molecular complexity index is 1080. The van der Waals surface area contributed by atoms with Crippen LogP contribution in [0, 0.1) is 0 Å². The number of anilines is 1. The summed E-state index contributed by atoms with van der Waals surface area (Å²) in [6.45, 7) is 3.50. The van der Waals surface area contributed by atoms with Gasteiger partial charge in [-0.2, -0.15) is 0 Å². The van der Waals surface area contributed by atoms with Gasteiger partial charge in [-0.1, -0.05) is 37.1 Å². The highest BCUT2D eigenvalue weighted by atomic mass is 35.5. The molecule has 4 rings (SSSR count). The Morgan fingerprint density at radius 3 is 2.79 bits per heavy atom. The number of ether oxygens (including phenoxy) is 2. The number of halogens is 1. The summed E-state index contributed by atoms with van der Waals surface area (Å²) in [5.41, 5.74) is 2.54. The van der Waals surface area contributed by atoms with Crippen LogP contribution in [0.5, 0.6) is 0 Å². The maximum atomic E-state index is 11.7. The van der Waals surface area contributed by atoms with Gasteiger partial charge in [-0.15, -0.1) is 11.3 Å². The fraction of sp³-hybridized carbons (Fsp3) is 0.480. The number of fused-ring (bicyclic) bond motifs is 3. The molecule has 1 aliphatic rings. The predicted octanol–water partition coefficient (Wildman–Crippen LogP) is 5.74. The summed E-state index contributed by atoms with van der Waals surface area (Å²) in [7, 11) is 0. The highest BCUT2D eigenvalue weighted by Crippen LogP contribution is 2.38. The third-order valence-corrected chi connectivity index (χ3v) is 7.12. The fourth-order valence-corrected chi connectivity index (χ4v) is 5.33. The summed E-state index contributed by atoms with van der Waals surface area (Å²) in [5, 5.41) is 5.42. The van der Waals surface area contributed by atoms with Gasteiger partial charge in [0, 0.05) is 22.9 Å². The monoisotopic (exact) mass is 487 g/mol. The number of nitrogens with one attached hydrogen (secondary N) is 1. The minimum Gasteiger partial charge on any atom is -0.464 e. The van der Waals surface area contributed by atoms with E-state index in [1.165, 1.54) is 23.3 Å². The molecular weight excluding hydrogens is 458 g/mol. The number of aromatic nitrogens is 2. The van der Waals surface area contributed by atoms with Crippen molar-refractivity contribution in [3.63, 3.8) is 0 Å². The van der Waals surface area contributed by atoms with Crippen LogP contribution in [0.15, 0.2) is 24.3 Å². The molecule has 2 heterocycles. The van der Waals surface area contributed by atoms with Gasteiger partial charge in [-0.3, -0.25) is 0 Å². The molecule has 0 unspecified atom stereocenters. The number of thiophene rings is 1. The number of esters is 1. The zero-order chi connectivity index (χ0) is 23.0. The van der Waals surface area contributed by atoms with Crippen LogP contribution in [0.2, 0.25) is 5.02 Å². The average molecular weight is 488 g/mol. The second-order valence-electron chi connectivity index (χ2n) is 8.24. The summed E-state index contributed by atoms with van der Waals surface area (Å²) in [6, 6.07) is 7.84. The van der Waals surface area contributed by atoms with Gasteiger partial charge in [0.1, 0.15) is 23.1 Å². The average Bonchev–Trinajstić information content (AvgIpc) is 3.20. The standard InChI is InChI=1S/C25H30ClN3O3S/c1-2-3-13-32-22(30)16-31-14-12-21-28-24(27-15-17-8-10-18(26)11-9-17)23-19-6-4-5-7-20(19)33-25(23)29-21/h8-11H,2-7,12-16H2,1H3,(H,27,28,29). The highest BCUT2D eigenvalue weighted by molar-refractivity contribution is 7.19. The molecule has 8 heteroatoms. The number of unbranched alkanes of at least 4 members (excludes halogenated alkanes) is 1. The summed E-state index contributed by atoms with van der Waals surface area (Å²) in [4.78, 5) is 23.9. The van der Waals surface area contributed by atoms with Crippen molar-refractivity contribution in [3.05, 3.63) is 51.1 Å². The van der Waals surface area contributed by atoms with Crippen molar-refractivity contribution < 1.29 is 14.3 Å². The molecule has 1 aliphatic carbocycles. The van der Waals surface area contributed by atoms with Crippen LogP contribution in [0.1, 0.15) is 54.4 Å². The topological polar surface area (TPSA) is 73.3 Å².